The second-order valence-electron chi connectivity index (χ2n) is 4.94. The van der Waals surface area contributed by atoms with Crippen LogP contribution in [0.15, 0.2) is 41.7 Å². The van der Waals surface area contributed by atoms with Gasteiger partial charge in [0.25, 0.3) is 0 Å². The number of hydrogen-bond acceptors (Lipinski definition) is 3. The Hall–Kier alpha value is -1.77. The quantitative estimate of drug-likeness (QED) is 0.419. The molecule has 0 aliphatic rings. The summed E-state index contributed by atoms with van der Waals surface area (Å²) < 4.78 is 7.15. The smallest absolute Gasteiger partial charge is 0.191 e. The standard InChI is InChI=1S/C16H23N5O.HI/c1-17-16(18-9-8-13-10-20-21(2)12-13)19-11-14-6-4-5-7-15(14)22-3;/h4-7,10,12H,8-9,11H2,1-3H3,(H2,17,18,19);1H. The fourth-order valence-electron chi connectivity index (χ4n) is 2.17. The maximum absolute atomic E-state index is 5.34. The third-order valence-corrected chi connectivity index (χ3v) is 3.33. The van der Waals surface area contributed by atoms with Crippen LogP contribution in [0.1, 0.15) is 11.1 Å². The first-order valence-electron chi connectivity index (χ1n) is 7.27. The minimum Gasteiger partial charge on any atom is -0.496 e. The summed E-state index contributed by atoms with van der Waals surface area (Å²) in [5.74, 6) is 1.65. The average Bonchev–Trinajstić information content (AvgIpc) is 2.96. The summed E-state index contributed by atoms with van der Waals surface area (Å²) in [4.78, 5) is 4.23. The van der Waals surface area contributed by atoms with Crippen molar-refractivity contribution in [2.75, 3.05) is 20.7 Å². The Morgan fingerprint density at radius 3 is 2.74 bits per heavy atom. The molecular weight excluding hydrogens is 405 g/mol. The van der Waals surface area contributed by atoms with E-state index in [4.69, 9.17) is 4.74 Å². The van der Waals surface area contributed by atoms with Crippen LogP contribution in [0.2, 0.25) is 0 Å². The van der Waals surface area contributed by atoms with Crippen LogP contribution >= 0.6 is 24.0 Å². The van der Waals surface area contributed by atoms with Crippen LogP contribution in [0.4, 0.5) is 0 Å². The van der Waals surface area contributed by atoms with Gasteiger partial charge >= 0.3 is 0 Å². The molecule has 0 bridgehead atoms. The number of aryl methyl sites for hydroxylation is 1. The Morgan fingerprint density at radius 2 is 2.09 bits per heavy atom. The van der Waals surface area contributed by atoms with E-state index in [9.17, 15) is 0 Å². The Bertz CT molecular complexity index is 626. The van der Waals surface area contributed by atoms with Gasteiger partial charge in [-0.15, -0.1) is 24.0 Å². The fraction of sp³-hybridized carbons (Fsp3) is 0.375. The molecule has 0 spiro atoms. The molecule has 2 rings (SSSR count). The van der Waals surface area contributed by atoms with Crippen LogP contribution in [0.3, 0.4) is 0 Å². The fourth-order valence-corrected chi connectivity index (χ4v) is 2.17. The number of nitrogens with zero attached hydrogens (tertiary/aromatic N) is 3. The summed E-state index contributed by atoms with van der Waals surface area (Å²) in [6.07, 6.45) is 4.81. The number of nitrogens with one attached hydrogen (secondary N) is 2. The van der Waals surface area contributed by atoms with Crippen molar-refractivity contribution in [3.8, 4) is 5.75 Å². The number of para-hydroxylation sites is 1. The van der Waals surface area contributed by atoms with Crippen LogP contribution in [0, 0.1) is 0 Å². The van der Waals surface area contributed by atoms with Gasteiger partial charge in [0.1, 0.15) is 5.75 Å². The largest absolute Gasteiger partial charge is 0.496 e. The van der Waals surface area contributed by atoms with Crippen LogP contribution in [-0.4, -0.2) is 36.4 Å². The first kappa shape index (κ1) is 19.3. The highest BCUT2D eigenvalue weighted by molar-refractivity contribution is 14.0. The Balaban J connectivity index is 0.00000264. The Kier molecular flexibility index (Phi) is 8.46. The van der Waals surface area contributed by atoms with Crippen molar-refractivity contribution in [2.24, 2.45) is 12.0 Å². The second kappa shape index (κ2) is 10.1. The van der Waals surface area contributed by atoms with Gasteiger partial charge in [-0.1, -0.05) is 18.2 Å². The van der Waals surface area contributed by atoms with E-state index in [0.717, 1.165) is 30.2 Å². The van der Waals surface area contributed by atoms with E-state index < -0.39 is 0 Å². The van der Waals surface area contributed by atoms with Crippen LogP contribution in [0.5, 0.6) is 5.75 Å². The summed E-state index contributed by atoms with van der Waals surface area (Å²) >= 11 is 0. The molecule has 0 unspecified atom stereocenters. The number of halogens is 1. The average molecular weight is 429 g/mol. The van der Waals surface area contributed by atoms with Gasteiger partial charge in [0.05, 0.1) is 13.3 Å². The molecule has 0 saturated heterocycles. The molecule has 23 heavy (non-hydrogen) atoms. The van der Waals surface area contributed by atoms with Crippen LogP contribution < -0.4 is 15.4 Å². The van der Waals surface area contributed by atoms with Gasteiger partial charge in [0.2, 0.25) is 0 Å². The first-order chi connectivity index (χ1) is 10.7. The number of aromatic nitrogens is 2. The van der Waals surface area contributed by atoms with Crippen molar-refractivity contribution in [1.82, 2.24) is 20.4 Å². The molecule has 0 fully saturated rings. The molecule has 0 aliphatic heterocycles. The molecule has 0 saturated carbocycles. The summed E-state index contributed by atoms with van der Waals surface area (Å²) in [5.41, 5.74) is 2.30. The number of aliphatic imine (C=N–C) groups is 1. The molecule has 2 N–H and O–H groups in total. The topological polar surface area (TPSA) is 63.5 Å². The lowest BCUT2D eigenvalue weighted by Crippen LogP contribution is -2.37. The summed E-state index contributed by atoms with van der Waals surface area (Å²) in [5, 5.41) is 10.7. The summed E-state index contributed by atoms with van der Waals surface area (Å²) in [6.45, 7) is 1.47. The zero-order chi connectivity index (χ0) is 15.8. The lowest BCUT2D eigenvalue weighted by molar-refractivity contribution is 0.409. The van der Waals surface area contributed by atoms with E-state index in [-0.39, 0.29) is 24.0 Å². The van der Waals surface area contributed by atoms with Gasteiger partial charge < -0.3 is 15.4 Å². The predicted octanol–water partition coefficient (Wildman–Crippen LogP) is 1.95. The van der Waals surface area contributed by atoms with Crippen molar-refractivity contribution in [2.45, 2.75) is 13.0 Å². The van der Waals surface area contributed by atoms with Crippen molar-refractivity contribution in [1.29, 1.82) is 0 Å². The molecule has 6 nitrogen and oxygen atoms in total. The van der Waals surface area contributed by atoms with E-state index in [1.807, 2.05) is 48.4 Å². The molecule has 7 heteroatoms. The Labute approximate surface area is 154 Å². The molecule has 1 heterocycles. The van der Waals surface area contributed by atoms with Crippen molar-refractivity contribution < 1.29 is 4.74 Å². The first-order valence-corrected chi connectivity index (χ1v) is 7.27. The van der Waals surface area contributed by atoms with Gasteiger partial charge in [-0.3, -0.25) is 9.67 Å². The number of benzene rings is 1. The van der Waals surface area contributed by atoms with Gasteiger partial charge in [0.15, 0.2) is 5.96 Å². The van der Waals surface area contributed by atoms with E-state index in [2.05, 4.69) is 20.7 Å². The molecule has 1 aromatic carbocycles. The highest BCUT2D eigenvalue weighted by atomic mass is 127. The lowest BCUT2D eigenvalue weighted by Gasteiger charge is -2.13. The van der Waals surface area contributed by atoms with E-state index >= 15 is 0 Å². The highest BCUT2D eigenvalue weighted by Crippen LogP contribution is 2.16. The molecule has 0 radical (unpaired) electrons. The van der Waals surface area contributed by atoms with E-state index in [0.29, 0.717) is 6.54 Å². The number of hydrogen-bond donors (Lipinski definition) is 2. The molecule has 0 aliphatic carbocycles. The maximum Gasteiger partial charge on any atom is 0.191 e. The van der Waals surface area contributed by atoms with Crippen LogP contribution in [0.25, 0.3) is 0 Å². The van der Waals surface area contributed by atoms with E-state index in [1.165, 1.54) is 5.56 Å². The monoisotopic (exact) mass is 429 g/mol. The van der Waals surface area contributed by atoms with Gasteiger partial charge in [-0.2, -0.15) is 5.10 Å². The minimum absolute atomic E-state index is 0. The summed E-state index contributed by atoms with van der Waals surface area (Å²) in [7, 11) is 5.37. The van der Waals surface area contributed by atoms with Crippen molar-refractivity contribution in [3.05, 3.63) is 47.8 Å². The van der Waals surface area contributed by atoms with Gasteiger partial charge in [-0.25, -0.2) is 0 Å². The molecular formula is C16H24IN5O. The normalized spacial score (nSPS) is 10.8. The molecule has 0 atom stereocenters. The van der Waals surface area contributed by atoms with Crippen molar-refractivity contribution >= 4 is 29.9 Å². The predicted molar refractivity (Wildman–Crippen MR) is 104 cm³/mol. The van der Waals surface area contributed by atoms with E-state index in [1.54, 1.807) is 14.2 Å². The number of rotatable bonds is 6. The molecule has 126 valence electrons. The minimum atomic E-state index is 0. The number of methoxy groups -OCH3 is 1. The van der Waals surface area contributed by atoms with Gasteiger partial charge in [-0.05, 0) is 18.1 Å². The summed E-state index contributed by atoms with van der Waals surface area (Å²) in [6, 6.07) is 7.95. The lowest BCUT2D eigenvalue weighted by atomic mass is 10.2. The highest BCUT2D eigenvalue weighted by Gasteiger charge is 2.03. The Morgan fingerprint density at radius 1 is 1.30 bits per heavy atom. The zero-order valence-electron chi connectivity index (χ0n) is 13.7. The maximum atomic E-state index is 5.34. The van der Waals surface area contributed by atoms with Crippen LogP contribution in [-0.2, 0) is 20.0 Å². The zero-order valence-corrected chi connectivity index (χ0v) is 16.1. The molecule has 1 aromatic heterocycles. The SMILES string of the molecule is CN=C(NCCc1cnn(C)c1)NCc1ccccc1OC.I. The molecule has 2 aromatic rings. The molecule has 0 amide bonds. The number of ether oxygens (including phenoxy) is 1. The number of guanidine groups is 1. The van der Waals surface area contributed by atoms with Crippen molar-refractivity contribution in [3.63, 3.8) is 0 Å². The third-order valence-electron chi connectivity index (χ3n) is 3.33. The van der Waals surface area contributed by atoms with Gasteiger partial charge in [0, 0.05) is 38.9 Å². The second-order valence-corrected chi connectivity index (χ2v) is 4.94. The third kappa shape index (κ3) is 6.09.